The molecule has 4 unspecified atom stereocenters. The lowest BCUT2D eigenvalue weighted by atomic mass is 9.99. The molecule has 0 aliphatic rings. The molecule has 0 aromatic rings. The first kappa shape index (κ1) is 92.5. The summed E-state index contributed by atoms with van der Waals surface area (Å²) in [4.78, 5) is 72.8. The molecule has 0 saturated heterocycles. The van der Waals surface area contributed by atoms with Crippen LogP contribution in [0.4, 0.5) is 0 Å². The summed E-state index contributed by atoms with van der Waals surface area (Å²) in [6, 6.07) is 0. The predicted octanol–water partition coefficient (Wildman–Crippen LogP) is 21.7. The van der Waals surface area contributed by atoms with Gasteiger partial charge in [-0.1, -0.05) is 310 Å². The monoisotopic (exact) mass is 1390 g/mol. The van der Waals surface area contributed by atoms with Gasteiger partial charge in [0.25, 0.3) is 0 Å². The number of carbonyl (C=O) groups is 4. The molecule has 0 bridgehead atoms. The van der Waals surface area contributed by atoms with Gasteiger partial charge >= 0.3 is 39.5 Å². The van der Waals surface area contributed by atoms with Crippen molar-refractivity contribution in [2.75, 3.05) is 39.6 Å². The molecule has 95 heavy (non-hydrogen) atoms. The summed E-state index contributed by atoms with van der Waals surface area (Å²) in [6.45, 7) is 11.8. The van der Waals surface area contributed by atoms with Crippen LogP contribution in [-0.2, 0) is 65.4 Å². The summed E-state index contributed by atoms with van der Waals surface area (Å²) in [5.41, 5.74) is 0. The summed E-state index contributed by atoms with van der Waals surface area (Å²) in [5.74, 6) is 0.150. The zero-order chi connectivity index (χ0) is 70.1. The van der Waals surface area contributed by atoms with Crippen LogP contribution in [0.15, 0.2) is 24.3 Å². The van der Waals surface area contributed by atoms with E-state index in [1.807, 2.05) is 0 Å². The highest BCUT2D eigenvalue weighted by atomic mass is 31.2. The lowest BCUT2D eigenvalue weighted by Gasteiger charge is -2.21. The third kappa shape index (κ3) is 67.2. The summed E-state index contributed by atoms with van der Waals surface area (Å²) in [5, 5.41) is 10.6. The minimum atomic E-state index is -4.97. The van der Waals surface area contributed by atoms with E-state index in [9.17, 15) is 43.2 Å². The molecule has 0 rings (SSSR count). The molecule has 0 radical (unpaired) electrons. The number of rotatable bonds is 72. The van der Waals surface area contributed by atoms with E-state index in [0.29, 0.717) is 25.7 Å². The Hall–Kier alpha value is -2.46. The molecule has 0 aromatic carbocycles. The van der Waals surface area contributed by atoms with Crippen molar-refractivity contribution in [3.63, 3.8) is 0 Å². The number of phosphoric ester groups is 2. The Bertz CT molecular complexity index is 1950. The van der Waals surface area contributed by atoms with E-state index in [-0.39, 0.29) is 25.7 Å². The molecule has 7 atom stereocenters. The van der Waals surface area contributed by atoms with Crippen LogP contribution in [0.3, 0.4) is 0 Å². The normalized spacial score (nSPS) is 14.8. The van der Waals surface area contributed by atoms with Gasteiger partial charge in [-0.25, -0.2) is 9.13 Å². The summed E-state index contributed by atoms with van der Waals surface area (Å²) in [7, 11) is -9.92. The van der Waals surface area contributed by atoms with E-state index in [1.165, 1.54) is 154 Å². The SMILES string of the molecule is CCCCCC/C=C\C=C/CCCCCCCC(=O)O[C@H](COC(=O)CCCCCCCCCCCCCCCCCC(C)C)COP(=O)(O)OC[C@@H](O)COP(=O)(O)OC[C@@H](COC(=O)CCCCCCCCC(C)CC)OC(=O)CCCCCCCCCCC(C)CC. The van der Waals surface area contributed by atoms with E-state index >= 15 is 0 Å². The molecule has 19 heteroatoms. The Labute approximate surface area is 580 Å². The van der Waals surface area contributed by atoms with Gasteiger partial charge in [-0.15, -0.1) is 0 Å². The van der Waals surface area contributed by atoms with Gasteiger partial charge in [0.15, 0.2) is 12.2 Å². The highest BCUT2D eigenvalue weighted by Gasteiger charge is 2.30. The van der Waals surface area contributed by atoms with E-state index in [4.69, 9.17) is 37.0 Å². The summed E-state index contributed by atoms with van der Waals surface area (Å²) < 4.78 is 68.5. The van der Waals surface area contributed by atoms with E-state index < -0.39 is 97.5 Å². The first-order chi connectivity index (χ1) is 45.8. The Balaban J connectivity index is 5.28. The molecule has 0 aromatic heterocycles. The fourth-order valence-electron chi connectivity index (χ4n) is 11.0. The number of unbranched alkanes of at least 4 members (excludes halogenated alkanes) is 35. The number of hydrogen-bond donors (Lipinski definition) is 3. The van der Waals surface area contributed by atoms with Crippen LogP contribution in [0.2, 0.25) is 0 Å². The molecule has 0 spiro atoms. The number of allylic oxidation sites excluding steroid dienone is 4. The number of carbonyl (C=O) groups excluding carboxylic acids is 4. The second kappa shape index (κ2) is 66.1. The lowest BCUT2D eigenvalue weighted by Crippen LogP contribution is -2.30. The fraction of sp³-hybridized carbons (Fsp3) is 0.895. The van der Waals surface area contributed by atoms with Crippen molar-refractivity contribution < 1.29 is 80.2 Å². The van der Waals surface area contributed by atoms with Crippen LogP contribution in [0.25, 0.3) is 0 Å². The molecular formula is C76H144O17P2. The number of hydrogen-bond acceptors (Lipinski definition) is 15. The smallest absolute Gasteiger partial charge is 0.462 e. The largest absolute Gasteiger partial charge is 0.472 e. The maximum Gasteiger partial charge on any atom is 0.472 e. The third-order valence-corrected chi connectivity index (χ3v) is 19.6. The van der Waals surface area contributed by atoms with E-state index in [0.717, 1.165) is 127 Å². The minimum Gasteiger partial charge on any atom is -0.462 e. The highest BCUT2D eigenvalue weighted by Crippen LogP contribution is 2.45. The Morgan fingerprint density at radius 1 is 0.347 bits per heavy atom. The molecule has 0 saturated carbocycles. The van der Waals surface area contributed by atoms with Gasteiger partial charge in [-0.05, 0) is 69.1 Å². The molecule has 0 aliphatic carbocycles. The van der Waals surface area contributed by atoms with Crippen molar-refractivity contribution in [2.24, 2.45) is 17.8 Å². The summed E-state index contributed by atoms with van der Waals surface area (Å²) in [6.07, 6.45) is 54.9. The molecule has 0 aliphatic heterocycles. The van der Waals surface area contributed by atoms with Gasteiger partial charge in [-0.2, -0.15) is 0 Å². The lowest BCUT2D eigenvalue weighted by molar-refractivity contribution is -0.161. The zero-order valence-corrected chi connectivity index (χ0v) is 63.4. The highest BCUT2D eigenvalue weighted by molar-refractivity contribution is 7.47. The standard InChI is InChI=1S/C76H144O17P2/c1-8-11-12-13-14-15-16-17-19-24-27-30-36-45-52-59-75(80)92-71(63-86-73(78)57-50-43-35-29-26-23-21-18-20-22-25-28-33-40-47-54-67(4)5)65-90-94(82,83)88-61-70(77)62-89-95(84,85)91-66-72(64-87-74(79)58-51-44-39-38-42-49-56-69(7)10-3)93-76(81)60-53-46-37-32-31-34-41-48-55-68(6)9-2/h15-17,19,67-72,77H,8-14,18,20-66H2,1-7H3,(H,82,83)(H,84,85)/b16-15-,19-17-/t68?,69?,70-,71-,72-/m1/s1. The molecule has 3 N–H and O–H groups in total. The van der Waals surface area contributed by atoms with E-state index in [1.54, 1.807) is 0 Å². The first-order valence-electron chi connectivity index (χ1n) is 38.7. The predicted molar refractivity (Wildman–Crippen MR) is 386 cm³/mol. The van der Waals surface area contributed by atoms with Gasteiger partial charge in [0.1, 0.15) is 19.3 Å². The molecule has 0 heterocycles. The van der Waals surface area contributed by atoms with E-state index in [2.05, 4.69) is 72.8 Å². The number of phosphoric acid groups is 2. The second-order valence-electron chi connectivity index (χ2n) is 27.7. The topological polar surface area (TPSA) is 237 Å². The van der Waals surface area contributed by atoms with Crippen molar-refractivity contribution >= 4 is 39.5 Å². The first-order valence-corrected chi connectivity index (χ1v) is 41.7. The molecule has 17 nitrogen and oxygen atoms in total. The molecule has 0 amide bonds. The average molecular weight is 1390 g/mol. The number of aliphatic hydroxyl groups excluding tert-OH is 1. The number of esters is 4. The minimum absolute atomic E-state index is 0.0848. The van der Waals surface area contributed by atoms with Crippen LogP contribution in [0.5, 0.6) is 0 Å². The number of ether oxygens (including phenoxy) is 4. The maximum absolute atomic E-state index is 13.1. The van der Waals surface area contributed by atoms with Crippen LogP contribution in [-0.4, -0.2) is 96.7 Å². The van der Waals surface area contributed by atoms with Gasteiger partial charge in [0, 0.05) is 25.7 Å². The molecule has 0 fully saturated rings. The van der Waals surface area contributed by atoms with Gasteiger partial charge in [0.05, 0.1) is 26.4 Å². The second-order valence-corrected chi connectivity index (χ2v) is 30.6. The van der Waals surface area contributed by atoms with Gasteiger partial charge in [0.2, 0.25) is 0 Å². The quantitative estimate of drug-likeness (QED) is 0.0169. The van der Waals surface area contributed by atoms with Gasteiger partial charge < -0.3 is 33.8 Å². The van der Waals surface area contributed by atoms with Crippen molar-refractivity contribution in [1.29, 1.82) is 0 Å². The van der Waals surface area contributed by atoms with Crippen LogP contribution >= 0.6 is 15.6 Å². The summed E-state index contributed by atoms with van der Waals surface area (Å²) >= 11 is 0. The van der Waals surface area contributed by atoms with Crippen molar-refractivity contribution in [2.45, 2.75) is 381 Å². The Morgan fingerprint density at radius 3 is 0.937 bits per heavy atom. The van der Waals surface area contributed by atoms with Gasteiger partial charge in [-0.3, -0.25) is 37.3 Å². The van der Waals surface area contributed by atoms with Crippen LogP contribution in [0.1, 0.15) is 363 Å². The van der Waals surface area contributed by atoms with Crippen molar-refractivity contribution in [3.05, 3.63) is 24.3 Å². The van der Waals surface area contributed by atoms with Crippen molar-refractivity contribution in [3.8, 4) is 0 Å². The Kier molecular flexibility index (Phi) is 64.4. The fourth-order valence-corrected chi connectivity index (χ4v) is 12.6. The Morgan fingerprint density at radius 2 is 0.621 bits per heavy atom. The number of aliphatic hydroxyl groups is 1. The molecular weight excluding hydrogens is 1250 g/mol. The maximum atomic E-state index is 13.1. The average Bonchev–Trinajstić information content (AvgIpc) is 1.62. The van der Waals surface area contributed by atoms with Crippen molar-refractivity contribution in [1.82, 2.24) is 0 Å². The third-order valence-electron chi connectivity index (χ3n) is 17.7. The zero-order valence-electron chi connectivity index (χ0n) is 61.6. The van der Waals surface area contributed by atoms with Crippen LogP contribution in [0, 0.1) is 17.8 Å². The van der Waals surface area contributed by atoms with Crippen LogP contribution < -0.4 is 0 Å². The molecule has 560 valence electrons.